The largest absolute Gasteiger partial charge is 0.419 e. The first-order chi connectivity index (χ1) is 7.64. The van der Waals surface area contributed by atoms with Gasteiger partial charge in [0, 0.05) is 11.1 Å². The minimum absolute atomic E-state index is 0.0833. The van der Waals surface area contributed by atoms with Gasteiger partial charge in [-0.1, -0.05) is 0 Å². The van der Waals surface area contributed by atoms with Gasteiger partial charge in [-0.05, 0) is 19.1 Å². The lowest BCUT2D eigenvalue weighted by Gasteiger charge is -2.13. The quantitative estimate of drug-likeness (QED) is 0.577. The molecule has 17 heavy (non-hydrogen) atoms. The van der Waals surface area contributed by atoms with Gasteiger partial charge in [0.25, 0.3) is 6.43 Å². The maximum atomic E-state index is 13.1. The summed E-state index contributed by atoms with van der Waals surface area (Å²) in [5, 5.41) is 0. The Hall–Kier alpha value is -1.53. The van der Waals surface area contributed by atoms with Crippen molar-refractivity contribution in [3.05, 3.63) is 34.6 Å². The minimum atomic E-state index is -5.11. The van der Waals surface area contributed by atoms with Crippen molar-refractivity contribution >= 4 is 5.78 Å². The molecule has 0 atom stereocenters. The van der Waals surface area contributed by atoms with Crippen LogP contribution < -0.4 is 0 Å². The Morgan fingerprint density at radius 2 is 1.76 bits per heavy atom. The molecule has 1 nitrogen and oxygen atoms in total. The van der Waals surface area contributed by atoms with Crippen LogP contribution in [0, 0.1) is 5.82 Å². The normalized spacial score (nSPS) is 12.0. The van der Waals surface area contributed by atoms with Gasteiger partial charge in [-0.3, -0.25) is 4.79 Å². The third-order valence-corrected chi connectivity index (χ3v) is 2.03. The fraction of sp³-hybridized carbons (Fsp3) is 0.300. The van der Waals surface area contributed by atoms with E-state index >= 15 is 0 Å². The molecule has 1 aromatic rings. The number of hydrogen-bond donors (Lipinski definition) is 0. The van der Waals surface area contributed by atoms with Crippen molar-refractivity contribution in [1.29, 1.82) is 0 Å². The molecule has 0 saturated heterocycles. The Balaban J connectivity index is 3.56. The molecule has 1 rings (SSSR count). The zero-order valence-corrected chi connectivity index (χ0v) is 8.41. The van der Waals surface area contributed by atoms with Gasteiger partial charge >= 0.3 is 6.18 Å². The number of Topliss-reactive ketones (excluding diaryl/α,β-unsaturated/α-hetero) is 1. The maximum Gasteiger partial charge on any atom is 0.419 e. The highest BCUT2D eigenvalue weighted by Gasteiger charge is 2.38. The second-order valence-electron chi connectivity index (χ2n) is 3.28. The van der Waals surface area contributed by atoms with E-state index in [1.165, 1.54) is 0 Å². The first-order valence-electron chi connectivity index (χ1n) is 4.34. The number of ketones is 1. The van der Waals surface area contributed by atoms with Crippen LogP contribution >= 0.6 is 0 Å². The van der Waals surface area contributed by atoms with Gasteiger partial charge in [0.05, 0.1) is 0 Å². The van der Waals surface area contributed by atoms with Crippen molar-refractivity contribution in [2.45, 2.75) is 19.5 Å². The van der Waals surface area contributed by atoms with E-state index in [0.717, 1.165) is 6.92 Å². The maximum absolute atomic E-state index is 13.1. The average molecular weight is 256 g/mol. The minimum Gasteiger partial charge on any atom is -0.294 e. The Kier molecular flexibility index (Phi) is 3.49. The van der Waals surface area contributed by atoms with E-state index < -0.39 is 40.9 Å². The van der Waals surface area contributed by atoms with Crippen LogP contribution in [0.2, 0.25) is 0 Å². The van der Waals surface area contributed by atoms with E-state index in [4.69, 9.17) is 0 Å². The lowest BCUT2D eigenvalue weighted by atomic mass is 10.00. The predicted molar refractivity (Wildman–Crippen MR) is 46.4 cm³/mol. The van der Waals surface area contributed by atoms with Crippen LogP contribution in [0.5, 0.6) is 0 Å². The summed E-state index contributed by atoms with van der Waals surface area (Å²) in [6.07, 6.45) is -8.25. The highest BCUT2D eigenvalue weighted by atomic mass is 19.4. The molecule has 7 heteroatoms. The third kappa shape index (κ3) is 2.78. The van der Waals surface area contributed by atoms with Crippen LogP contribution in [0.15, 0.2) is 12.1 Å². The first kappa shape index (κ1) is 13.5. The molecule has 0 radical (unpaired) electrons. The van der Waals surface area contributed by atoms with Crippen LogP contribution in [0.4, 0.5) is 26.3 Å². The molecule has 0 aliphatic carbocycles. The van der Waals surface area contributed by atoms with E-state index in [2.05, 4.69) is 0 Å². The van der Waals surface area contributed by atoms with E-state index in [1.807, 2.05) is 0 Å². The van der Waals surface area contributed by atoms with Gasteiger partial charge in [0.2, 0.25) is 0 Å². The summed E-state index contributed by atoms with van der Waals surface area (Å²) in [6.45, 7) is 0.749. The molecule has 1 aromatic carbocycles. The van der Waals surface area contributed by atoms with Crippen molar-refractivity contribution in [3.63, 3.8) is 0 Å². The molecule has 0 heterocycles. The summed E-state index contributed by atoms with van der Waals surface area (Å²) in [7, 11) is 0. The molecule has 0 saturated carbocycles. The fourth-order valence-electron chi connectivity index (χ4n) is 1.32. The number of hydrogen-bond acceptors (Lipinski definition) is 1. The van der Waals surface area contributed by atoms with Crippen LogP contribution in [0.3, 0.4) is 0 Å². The van der Waals surface area contributed by atoms with Gasteiger partial charge < -0.3 is 0 Å². The van der Waals surface area contributed by atoms with Gasteiger partial charge in [-0.2, -0.15) is 13.2 Å². The zero-order chi connectivity index (χ0) is 13.4. The summed E-state index contributed by atoms with van der Waals surface area (Å²) in [5.41, 5.74) is -3.86. The first-order valence-corrected chi connectivity index (χ1v) is 4.34. The molecule has 0 spiro atoms. The van der Waals surface area contributed by atoms with Crippen LogP contribution in [0.25, 0.3) is 0 Å². The summed E-state index contributed by atoms with van der Waals surface area (Å²) < 4.78 is 74.9. The average Bonchev–Trinajstić information content (AvgIpc) is 2.13. The molecule has 0 aromatic heterocycles. The topological polar surface area (TPSA) is 17.1 Å². The highest BCUT2D eigenvalue weighted by Crippen LogP contribution is 2.36. The molecular formula is C10H6F6O. The van der Waals surface area contributed by atoms with Crippen molar-refractivity contribution < 1.29 is 31.1 Å². The summed E-state index contributed by atoms with van der Waals surface area (Å²) in [5.74, 6) is -3.00. The summed E-state index contributed by atoms with van der Waals surface area (Å²) in [4.78, 5) is 10.9. The number of benzene rings is 1. The standard InChI is InChI=1S/C10H6F6O/c1-4(17)6-2-5(9(12)13)3-7(11)8(6)10(14,15)16/h2-3,9H,1H3. The molecule has 0 N–H and O–H groups in total. The lowest BCUT2D eigenvalue weighted by molar-refractivity contribution is -0.140. The fourth-order valence-corrected chi connectivity index (χ4v) is 1.32. The smallest absolute Gasteiger partial charge is 0.294 e. The van der Waals surface area contributed by atoms with Crippen LogP contribution in [0.1, 0.15) is 34.8 Å². The lowest BCUT2D eigenvalue weighted by Crippen LogP contribution is -2.15. The molecule has 94 valence electrons. The van der Waals surface area contributed by atoms with E-state index in [9.17, 15) is 31.1 Å². The van der Waals surface area contributed by atoms with E-state index in [0.29, 0.717) is 6.07 Å². The number of alkyl halides is 5. The van der Waals surface area contributed by atoms with Gasteiger partial charge in [0.15, 0.2) is 5.78 Å². The van der Waals surface area contributed by atoms with Crippen molar-refractivity contribution in [3.8, 4) is 0 Å². The van der Waals surface area contributed by atoms with E-state index in [-0.39, 0.29) is 6.07 Å². The van der Waals surface area contributed by atoms with Crippen molar-refractivity contribution in [2.75, 3.05) is 0 Å². The van der Waals surface area contributed by atoms with Crippen LogP contribution in [-0.2, 0) is 6.18 Å². The molecule has 0 aliphatic rings. The predicted octanol–water partition coefficient (Wildman–Crippen LogP) is 3.98. The zero-order valence-electron chi connectivity index (χ0n) is 8.41. The molecule has 0 fully saturated rings. The van der Waals surface area contributed by atoms with Gasteiger partial charge in [-0.15, -0.1) is 0 Å². The number of halogens is 6. The Morgan fingerprint density at radius 3 is 2.12 bits per heavy atom. The SMILES string of the molecule is CC(=O)c1cc(C(F)F)cc(F)c1C(F)(F)F. The van der Waals surface area contributed by atoms with Gasteiger partial charge in [-0.25, -0.2) is 13.2 Å². The highest BCUT2D eigenvalue weighted by molar-refractivity contribution is 5.96. The Morgan fingerprint density at radius 1 is 1.24 bits per heavy atom. The molecular weight excluding hydrogens is 250 g/mol. The molecule has 0 bridgehead atoms. The monoisotopic (exact) mass is 256 g/mol. The van der Waals surface area contributed by atoms with Gasteiger partial charge in [0.1, 0.15) is 11.4 Å². The van der Waals surface area contributed by atoms with Crippen molar-refractivity contribution in [1.82, 2.24) is 0 Å². The third-order valence-electron chi connectivity index (χ3n) is 2.03. The summed E-state index contributed by atoms with van der Waals surface area (Å²) in [6, 6.07) is 0.443. The van der Waals surface area contributed by atoms with Crippen LogP contribution in [-0.4, -0.2) is 5.78 Å². The Bertz CT molecular complexity index is 449. The number of rotatable bonds is 2. The van der Waals surface area contributed by atoms with E-state index in [1.54, 1.807) is 0 Å². The Labute approximate surface area is 92.0 Å². The number of carbonyl (C=O) groups excluding carboxylic acids is 1. The van der Waals surface area contributed by atoms with Crippen molar-refractivity contribution in [2.24, 2.45) is 0 Å². The molecule has 0 aliphatic heterocycles. The molecule has 0 unspecified atom stereocenters. The number of carbonyl (C=O) groups is 1. The summed E-state index contributed by atoms with van der Waals surface area (Å²) >= 11 is 0. The second-order valence-corrected chi connectivity index (χ2v) is 3.28. The molecule has 0 amide bonds. The second kappa shape index (κ2) is 4.38.